The summed E-state index contributed by atoms with van der Waals surface area (Å²) in [5.74, 6) is 2.03. The van der Waals surface area contributed by atoms with Crippen molar-refractivity contribution in [3.8, 4) is 0 Å². The lowest BCUT2D eigenvalue weighted by atomic mass is 10.1. The van der Waals surface area contributed by atoms with E-state index in [1.165, 1.54) is 6.42 Å². The van der Waals surface area contributed by atoms with Crippen LogP contribution < -0.4 is 0 Å². The van der Waals surface area contributed by atoms with Crippen molar-refractivity contribution in [2.45, 2.75) is 45.4 Å². The van der Waals surface area contributed by atoms with Crippen LogP contribution in [0.2, 0.25) is 10.3 Å². The quantitative estimate of drug-likeness (QED) is 0.742. The number of halogens is 2. The third-order valence-electron chi connectivity index (χ3n) is 3.34. The number of nitrogens with zero attached hydrogens (tertiary/aromatic N) is 2. The molecule has 2 atom stereocenters. The van der Waals surface area contributed by atoms with Gasteiger partial charge in [0.1, 0.15) is 16.1 Å². The predicted octanol–water partition coefficient (Wildman–Crippen LogP) is 4.25. The molecule has 16 heavy (non-hydrogen) atoms. The van der Waals surface area contributed by atoms with Crippen LogP contribution in [-0.2, 0) is 6.42 Å². The van der Waals surface area contributed by atoms with Crippen LogP contribution in [0.5, 0.6) is 0 Å². The molecule has 1 saturated carbocycles. The van der Waals surface area contributed by atoms with E-state index in [2.05, 4.69) is 16.9 Å². The molecule has 1 aromatic heterocycles. The first-order valence-electron chi connectivity index (χ1n) is 5.83. The molecule has 2 rings (SSSR count). The first-order chi connectivity index (χ1) is 7.61. The van der Waals surface area contributed by atoms with E-state index in [1.54, 1.807) is 0 Å². The van der Waals surface area contributed by atoms with E-state index in [9.17, 15) is 0 Å². The van der Waals surface area contributed by atoms with E-state index >= 15 is 0 Å². The fraction of sp³-hybridized carbons (Fsp3) is 0.667. The molecule has 88 valence electrons. The average molecular weight is 259 g/mol. The highest BCUT2D eigenvalue weighted by atomic mass is 35.5. The minimum Gasteiger partial charge on any atom is -0.221 e. The Labute approximate surface area is 106 Å². The van der Waals surface area contributed by atoms with E-state index in [0.717, 1.165) is 36.6 Å². The Bertz CT molecular complexity index is 370. The molecule has 1 aromatic rings. The van der Waals surface area contributed by atoms with Crippen molar-refractivity contribution in [1.82, 2.24) is 9.97 Å². The number of hydrogen-bond donors (Lipinski definition) is 0. The molecular formula is C12H16Cl2N2. The van der Waals surface area contributed by atoms with Gasteiger partial charge in [0, 0.05) is 11.5 Å². The first kappa shape index (κ1) is 12.1. The summed E-state index contributed by atoms with van der Waals surface area (Å²) in [6.45, 7) is 4.28. The Morgan fingerprint density at radius 3 is 2.25 bits per heavy atom. The summed E-state index contributed by atoms with van der Waals surface area (Å²) < 4.78 is 0. The van der Waals surface area contributed by atoms with Gasteiger partial charge in [0.05, 0.1) is 0 Å². The zero-order chi connectivity index (χ0) is 11.7. The highest BCUT2D eigenvalue weighted by Gasteiger charge is 2.26. The van der Waals surface area contributed by atoms with E-state index in [1.807, 2.05) is 6.92 Å². The van der Waals surface area contributed by atoms with Crippen LogP contribution >= 0.6 is 23.2 Å². The van der Waals surface area contributed by atoms with Gasteiger partial charge in [-0.05, 0) is 31.6 Å². The molecule has 4 heteroatoms. The van der Waals surface area contributed by atoms with Gasteiger partial charge in [-0.25, -0.2) is 9.97 Å². The molecule has 0 spiro atoms. The number of aromatic nitrogens is 2. The van der Waals surface area contributed by atoms with Crippen LogP contribution in [0.25, 0.3) is 0 Å². The monoisotopic (exact) mass is 258 g/mol. The summed E-state index contributed by atoms with van der Waals surface area (Å²) in [6.07, 6.45) is 4.33. The van der Waals surface area contributed by atoms with E-state index in [-0.39, 0.29) is 0 Å². The van der Waals surface area contributed by atoms with Gasteiger partial charge < -0.3 is 0 Å². The van der Waals surface area contributed by atoms with Gasteiger partial charge >= 0.3 is 0 Å². The maximum atomic E-state index is 6.11. The fourth-order valence-corrected chi connectivity index (χ4v) is 3.03. The maximum Gasteiger partial charge on any atom is 0.137 e. The normalized spacial score (nSPS) is 25.0. The molecule has 1 heterocycles. The van der Waals surface area contributed by atoms with Crippen molar-refractivity contribution < 1.29 is 0 Å². The summed E-state index contributed by atoms with van der Waals surface area (Å²) in [5, 5.41) is 1.05. The summed E-state index contributed by atoms with van der Waals surface area (Å²) >= 11 is 12.2. The Hall–Kier alpha value is -0.340. The third-order valence-corrected chi connectivity index (χ3v) is 3.96. The van der Waals surface area contributed by atoms with Gasteiger partial charge in [0.2, 0.25) is 0 Å². The fourth-order valence-electron chi connectivity index (χ4n) is 2.36. The van der Waals surface area contributed by atoms with Crippen molar-refractivity contribution in [1.29, 1.82) is 0 Å². The molecule has 1 aliphatic rings. The van der Waals surface area contributed by atoms with Crippen LogP contribution in [0.15, 0.2) is 0 Å². The van der Waals surface area contributed by atoms with Crippen molar-refractivity contribution in [3.05, 3.63) is 21.7 Å². The lowest BCUT2D eigenvalue weighted by molar-refractivity contribution is 0.585. The first-order valence-corrected chi connectivity index (χ1v) is 6.59. The Morgan fingerprint density at radius 2 is 1.81 bits per heavy atom. The smallest absolute Gasteiger partial charge is 0.137 e. The summed E-state index contributed by atoms with van der Waals surface area (Å²) in [4.78, 5) is 8.78. The summed E-state index contributed by atoms with van der Waals surface area (Å²) in [7, 11) is 0. The van der Waals surface area contributed by atoms with Gasteiger partial charge in [-0.15, -0.1) is 0 Å². The number of rotatable bonds is 2. The highest BCUT2D eigenvalue weighted by molar-refractivity contribution is 6.34. The SMILES string of the molecule is CCc1c(Cl)nc(C2CCC(C)C2)nc1Cl. The van der Waals surface area contributed by atoms with Gasteiger partial charge in [0.25, 0.3) is 0 Å². The van der Waals surface area contributed by atoms with Crippen molar-refractivity contribution in [2.75, 3.05) is 0 Å². The molecule has 0 N–H and O–H groups in total. The summed E-state index contributed by atoms with van der Waals surface area (Å²) in [5.41, 5.74) is 0.859. The van der Waals surface area contributed by atoms with Crippen LogP contribution in [-0.4, -0.2) is 9.97 Å². The van der Waals surface area contributed by atoms with Gasteiger partial charge in [0.15, 0.2) is 0 Å². The van der Waals surface area contributed by atoms with Gasteiger partial charge in [-0.3, -0.25) is 0 Å². The lowest BCUT2D eigenvalue weighted by Gasteiger charge is -2.11. The van der Waals surface area contributed by atoms with Crippen LogP contribution in [0.4, 0.5) is 0 Å². The number of hydrogen-bond acceptors (Lipinski definition) is 2. The molecule has 2 unspecified atom stereocenters. The minimum absolute atomic E-state index is 0.441. The third kappa shape index (κ3) is 2.33. The van der Waals surface area contributed by atoms with E-state index in [4.69, 9.17) is 23.2 Å². The second kappa shape index (κ2) is 4.89. The zero-order valence-electron chi connectivity index (χ0n) is 9.63. The second-order valence-electron chi connectivity index (χ2n) is 4.61. The van der Waals surface area contributed by atoms with Gasteiger partial charge in [-0.2, -0.15) is 0 Å². The Morgan fingerprint density at radius 1 is 1.19 bits per heavy atom. The molecule has 0 amide bonds. The van der Waals surface area contributed by atoms with Gasteiger partial charge in [-0.1, -0.05) is 37.0 Å². The van der Waals surface area contributed by atoms with E-state index in [0.29, 0.717) is 16.2 Å². The second-order valence-corrected chi connectivity index (χ2v) is 5.33. The lowest BCUT2D eigenvalue weighted by Crippen LogP contribution is -2.04. The molecule has 0 bridgehead atoms. The molecular weight excluding hydrogens is 243 g/mol. The molecule has 0 aromatic carbocycles. The topological polar surface area (TPSA) is 25.8 Å². The molecule has 1 fully saturated rings. The largest absolute Gasteiger partial charge is 0.221 e. The minimum atomic E-state index is 0.441. The highest BCUT2D eigenvalue weighted by Crippen LogP contribution is 2.37. The molecule has 0 aliphatic heterocycles. The van der Waals surface area contributed by atoms with Crippen LogP contribution in [0, 0.1) is 5.92 Å². The maximum absolute atomic E-state index is 6.11. The van der Waals surface area contributed by atoms with Crippen molar-refractivity contribution in [3.63, 3.8) is 0 Å². The average Bonchev–Trinajstić information content (AvgIpc) is 2.64. The molecule has 1 aliphatic carbocycles. The van der Waals surface area contributed by atoms with Crippen molar-refractivity contribution in [2.24, 2.45) is 5.92 Å². The molecule has 2 nitrogen and oxygen atoms in total. The molecule has 0 saturated heterocycles. The van der Waals surface area contributed by atoms with Crippen molar-refractivity contribution >= 4 is 23.2 Å². The van der Waals surface area contributed by atoms with Crippen LogP contribution in [0.1, 0.15) is 50.4 Å². The zero-order valence-corrected chi connectivity index (χ0v) is 11.1. The Kier molecular flexibility index (Phi) is 3.70. The van der Waals surface area contributed by atoms with Crippen LogP contribution in [0.3, 0.4) is 0 Å². The standard InChI is InChI=1S/C12H16Cl2N2/c1-3-9-10(13)15-12(16-11(9)14)8-5-4-7(2)6-8/h7-8H,3-6H2,1-2H3. The van der Waals surface area contributed by atoms with E-state index < -0.39 is 0 Å². The molecule has 0 radical (unpaired) electrons. The Balaban J connectivity index is 2.29. The predicted molar refractivity (Wildman–Crippen MR) is 67.2 cm³/mol. The summed E-state index contributed by atoms with van der Waals surface area (Å²) in [6, 6.07) is 0.